The molecule has 17 heavy (non-hydrogen) atoms. The molecule has 0 saturated carbocycles. The summed E-state index contributed by atoms with van der Waals surface area (Å²) in [6, 6.07) is -1.51. The average Bonchev–Trinajstić information content (AvgIpc) is 2.68. The van der Waals surface area contributed by atoms with Crippen LogP contribution in [0.25, 0.3) is 0 Å². The van der Waals surface area contributed by atoms with Crippen molar-refractivity contribution in [2.45, 2.75) is 24.9 Å². The van der Waals surface area contributed by atoms with Gasteiger partial charge in [-0.3, -0.25) is 0 Å². The number of hydrogen-bond donors (Lipinski definition) is 4. The molecule has 1 fully saturated rings. The Morgan fingerprint density at radius 2 is 2.24 bits per heavy atom. The quantitative estimate of drug-likeness (QED) is 0.488. The Kier molecular flexibility index (Phi) is 5.17. The van der Waals surface area contributed by atoms with Gasteiger partial charge in [0, 0.05) is 12.6 Å². The first-order valence-electron chi connectivity index (χ1n) is 5.63. The fourth-order valence-electron chi connectivity index (χ4n) is 1.84. The van der Waals surface area contributed by atoms with Crippen molar-refractivity contribution in [1.82, 2.24) is 15.5 Å². The lowest BCUT2D eigenvalue weighted by molar-refractivity contribution is -0.140. The van der Waals surface area contributed by atoms with Crippen molar-refractivity contribution in [2.24, 2.45) is 0 Å². The van der Waals surface area contributed by atoms with Gasteiger partial charge in [-0.1, -0.05) is 0 Å². The van der Waals surface area contributed by atoms with E-state index in [0.29, 0.717) is 12.6 Å². The second-order valence-electron chi connectivity index (χ2n) is 4.20. The number of carbonyl (C=O) groups is 2. The molecule has 1 aliphatic heterocycles. The van der Waals surface area contributed by atoms with Gasteiger partial charge in [-0.2, -0.15) is 0 Å². The molecule has 0 spiro atoms. The maximum absolute atomic E-state index is 11.4. The number of aliphatic carboxylic acids is 1. The molecule has 0 aromatic heterocycles. The number of hydrogen-bond acceptors (Lipinski definition) is 4. The van der Waals surface area contributed by atoms with Crippen LogP contribution < -0.4 is 10.6 Å². The minimum Gasteiger partial charge on any atom is -0.480 e. The van der Waals surface area contributed by atoms with Crippen LogP contribution >= 0.6 is 0 Å². The predicted octanol–water partition coefficient (Wildman–Crippen LogP) is -1.17. The van der Waals surface area contributed by atoms with Gasteiger partial charge in [0.2, 0.25) is 0 Å². The van der Waals surface area contributed by atoms with Gasteiger partial charge >= 0.3 is 12.0 Å². The molecular formula is C10H19N3O4. The lowest BCUT2D eigenvalue weighted by Gasteiger charge is -2.20. The van der Waals surface area contributed by atoms with Crippen LogP contribution in [0.1, 0.15) is 12.8 Å². The molecule has 0 bridgehead atoms. The highest BCUT2D eigenvalue weighted by Crippen LogP contribution is 2.13. The van der Waals surface area contributed by atoms with Crippen LogP contribution in [0.4, 0.5) is 4.79 Å². The Balaban J connectivity index is 2.27. The van der Waals surface area contributed by atoms with Gasteiger partial charge in [0.1, 0.15) is 0 Å². The molecule has 4 N–H and O–H groups in total. The van der Waals surface area contributed by atoms with E-state index in [2.05, 4.69) is 15.5 Å². The number of likely N-dealkylation sites (N-methyl/N-ethyl adjacent to an activating group) is 1. The first-order valence-corrected chi connectivity index (χ1v) is 5.63. The SMILES string of the molecule is CN1CCCC1CNC(=O)N[C@@H](CO)C(=O)O. The molecule has 1 unspecified atom stereocenters. The number of amides is 2. The van der Waals surface area contributed by atoms with Crippen molar-refractivity contribution in [2.75, 3.05) is 26.7 Å². The summed E-state index contributed by atoms with van der Waals surface area (Å²) in [7, 11) is 1.99. The average molecular weight is 245 g/mol. The van der Waals surface area contributed by atoms with E-state index >= 15 is 0 Å². The molecule has 0 aliphatic carbocycles. The molecule has 2 amide bonds. The van der Waals surface area contributed by atoms with Crippen molar-refractivity contribution < 1.29 is 19.8 Å². The van der Waals surface area contributed by atoms with Gasteiger partial charge in [-0.25, -0.2) is 9.59 Å². The normalized spacial score (nSPS) is 22.1. The van der Waals surface area contributed by atoms with Crippen molar-refractivity contribution in [3.8, 4) is 0 Å². The van der Waals surface area contributed by atoms with Crippen LogP contribution in [0.2, 0.25) is 0 Å². The summed E-state index contributed by atoms with van der Waals surface area (Å²) >= 11 is 0. The zero-order chi connectivity index (χ0) is 12.8. The lowest BCUT2D eigenvalue weighted by atomic mass is 10.2. The summed E-state index contributed by atoms with van der Waals surface area (Å²) in [5.74, 6) is -1.25. The van der Waals surface area contributed by atoms with Crippen LogP contribution in [-0.4, -0.2) is 65.9 Å². The minimum atomic E-state index is -1.25. The highest BCUT2D eigenvalue weighted by Gasteiger charge is 2.22. The fraction of sp³-hybridized carbons (Fsp3) is 0.800. The summed E-state index contributed by atoms with van der Waals surface area (Å²) in [5.41, 5.74) is 0. The van der Waals surface area contributed by atoms with Crippen molar-refractivity contribution >= 4 is 12.0 Å². The molecule has 1 rings (SSSR count). The molecule has 98 valence electrons. The van der Waals surface area contributed by atoms with Crippen molar-refractivity contribution in [1.29, 1.82) is 0 Å². The Hall–Kier alpha value is -1.34. The van der Waals surface area contributed by atoms with Gasteiger partial charge in [0.05, 0.1) is 6.61 Å². The number of carbonyl (C=O) groups excluding carboxylic acids is 1. The molecule has 0 aromatic rings. The van der Waals surface area contributed by atoms with Gasteiger partial charge in [-0.15, -0.1) is 0 Å². The largest absolute Gasteiger partial charge is 0.480 e. The van der Waals surface area contributed by atoms with Crippen molar-refractivity contribution in [3.05, 3.63) is 0 Å². The van der Waals surface area contributed by atoms with Crippen LogP contribution in [0, 0.1) is 0 Å². The number of aliphatic hydroxyl groups excluding tert-OH is 1. The smallest absolute Gasteiger partial charge is 0.328 e. The van der Waals surface area contributed by atoms with Gasteiger partial charge in [-0.05, 0) is 26.4 Å². The third-order valence-electron chi connectivity index (χ3n) is 2.96. The van der Waals surface area contributed by atoms with E-state index in [9.17, 15) is 9.59 Å². The number of carboxylic acids is 1. The molecule has 7 nitrogen and oxygen atoms in total. The number of rotatable bonds is 5. The maximum Gasteiger partial charge on any atom is 0.328 e. The van der Waals surface area contributed by atoms with E-state index in [4.69, 9.17) is 10.2 Å². The first kappa shape index (κ1) is 13.7. The summed E-state index contributed by atoms with van der Waals surface area (Å²) < 4.78 is 0. The van der Waals surface area contributed by atoms with E-state index in [1.165, 1.54) is 0 Å². The number of likely N-dealkylation sites (tertiary alicyclic amines) is 1. The fourth-order valence-corrected chi connectivity index (χ4v) is 1.84. The molecule has 0 radical (unpaired) electrons. The molecule has 1 aliphatic rings. The van der Waals surface area contributed by atoms with Crippen LogP contribution in [0.15, 0.2) is 0 Å². The number of nitrogens with one attached hydrogen (secondary N) is 2. The zero-order valence-corrected chi connectivity index (χ0v) is 9.85. The Bertz CT molecular complexity index is 285. The predicted molar refractivity (Wildman–Crippen MR) is 60.7 cm³/mol. The minimum absolute atomic E-state index is 0.304. The second-order valence-corrected chi connectivity index (χ2v) is 4.20. The standard InChI is InChI=1S/C10H19N3O4/c1-13-4-2-3-7(13)5-11-10(17)12-8(6-14)9(15)16/h7-8,14H,2-6H2,1H3,(H,15,16)(H2,11,12,17)/t7?,8-/m0/s1. The second kappa shape index (κ2) is 6.41. The highest BCUT2D eigenvalue weighted by atomic mass is 16.4. The van der Waals surface area contributed by atoms with Crippen molar-refractivity contribution in [3.63, 3.8) is 0 Å². The van der Waals surface area contributed by atoms with Gasteiger partial charge in [0.25, 0.3) is 0 Å². The molecule has 1 heterocycles. The number of aliphatic hydroxyl groups is 1. The molecular weight excluding hydrogens is 226 g/mol. The number of nitrogens with zero attached hydrogens (tertiary/aromatic N) is 1. The maximum atomic E-state index is 11.4. The highest BCUT2D eigenvalue weighted by molar-refractivity contribution is 5.82. The lowest BCUT2D eigenvalue weighted by Crippen LogP contribution is -2.50. The third-order valence-corrected chi connectivity index (χ3v) is 2.96. The molecule has 0 aromatic carbocycles. The van der Waals surface area contributed by atoms with E-state index in [-0.39, 0.29) is 0 Å². The summed E-state index contributed by atoms with van der Waals surface area (Å²) in [5, 5.41) is 22.2. The van der Waals surface area contributed by atoms with Crippen LogP contribution in [0.5, 0.6) is 0 Å². The van der Waals surface area contributed by atoms with E-state index in [1.807, 2.05) is 7.05 Å². The first-order chi connectivity index (χ1) is 8.04. The summed E-state index contributed by atoms with van der Waals surface area (Å²) in [6.45, 7) is 0.883. The Morgan fingerprint density at radius 1 is 1.53 bits per heavy atom. The van der Waals surface area contributed by atoms with Crippen LogP contribution in [0.3, 0.4) is 0 Å². The van der Waals surface area contributed by atoms with Gasteiger partial charge in [0.15, 0.2) is 6.04 Å². The Morgan fingerprint density at radius 3 is 2.71 bits per heavy atom. The summed E-state index contributed by atoms with van der Waals surface area (Å²) in [4.78, 5) is 24.1. The third kappa shape index (κ3) is 4.20. The van der Waals surface area contributed by atoms with E-state index in [0.717, 1.165) is 19.4 Å². The van der Waals surface area contributed by atoms with Gasteiger partial charge < -0.3 is 25.7 Å². The Labute approximate surface area is 99.8 Å². The van der Waals surface area contributed by atoms with E-state index < -0.39 is 24.6 Å². The van der Waals surface area contributed by atoms with E-state index in [1.54, 1.807) is 0 Å². The molecule has 2 atom stereocenters. The monoisotopic (exact) mass is 245 g/mol. The topological polar surface area (TPSA) is 102 Å². The number of carboxylic acid groups (broad SMARTS) is 1. The zero-order valence-electron chi connectivity index (χ0n) is 9.85. The summed E-state index contributed by atoms with van der Waals surface area (Å²) in [6.07, 6.45) is 2.14. The molecule has 1 saturated heterocycles. The number of urea groups is 1. The van der Waals surface area contributed by atoms with Crippen LogP contribution in [-0.2, 0) is 4.79 Å². The molecule has 7 heteroatoms.